The number of hydrogen-bond donors (Lipinski definition) is 0. The van der Waals surface area contributed by atoms with E-state index in [0.717, 1.165) is 6.08 Å². The number of halogens is 2. The van der Waals surface area contributed by atoms with Crippen molar-refractivity contribution in [3.63, 3.8) is 0 Å². The summed E-state index contributed by atoms with van der Waals surface area (Å²) in [4.78, 5) is 13.9. The predicted octanol–water partition coefficient (Wildman–Crippen LogP) is 1.90. The SMILES string of the molecule is C=CC(=O)ON=C(C)C(Cl)Cl. The Hall–Kier alpha value is -0.540. The molecule has 0 unspecified atom stereocenters. The number of hydrogen-bond acceptors (Lipinski definition) is 3. The molecule has 0 saturated carbocycles. The molecule has 5 heteroatoms. The normalized spacial score (nSPS) is 11.5. The monoisotopic (exact) mass is 195 g/mol. The zero-order valence-electron chi connectivity index (χ0n) is 5.88. The van der Waals surface area contributed by atoms with Crippen LogP contribution in [0.3, 0.4) is 0 Å². The van der Waals surface area contributed by atoms with Gasteiger partial charge in [0.2, 0.25) is 0 Å². The van der Waals surface area contributed by atoms with E-state index in [2.05, 4.69) is 16.6 Å². The Morgan fingerprint density at radius 2 is 2.27 bits per heavy atom. The number of rotatable bonds is 3. The second-order valence-corrected chi connectivity index (χ2v) is 2.74. The molecular weight excluding hydrogens is 189 g/mol. The van der Waals surface area contributed by atoms with Gasteiger partial charge in [0.15, 0.2) is 0 Å². The van der Waals surface area contributed by atoms with Gasteiger partial charge in [0, 0.05) is 6.08 Å². The molecular formula is C6H7Cl2NO2. The first kappa shape index (κ1) is 10.5. The fourth-order valence-corrected chi connectivity index (χ4v) is 0.274. The Labute approximate surface area is 74.6 Å². The van der Waals surface area contributed by atoms with Crippen LogP contribution < -0.4 is 0 Å². The molecule has 62 valence electrons. The lowest BCUT2D eigenvalue weighted by Gasteiger charge is -1.97. The molecule has 0 aromatic heterocycles. The van der Waals surface area contributed by atoms with Gasteiger partial charge in [-0.3, -0.25) is 0 Å². The minimum absolute atomic E-state index is 0.323. The van der Waals surface area contributed by atoms with E-state index in [-0.39, 0.29) is 0 Å². The first-order chi connectivity index (χ1) is 5.07. The van der Waals surface area contributed by atoms with E-state index in [0.29, 0.717) is 5.71 Å². The van der Waals surface area contributed by atoms with Crippen molar-refractivity contribution in [2.45, 2.75) is 11.8 Å². The summed E-state index contributed by atoms with van der Waals surface area (Å²) in [6.07, 6.45) is 0.994. The van der Waals surface area contributed by atoms with Gasteiger partial charge >= 0.3 is 5.97 Å². The molecule has 11 heavy (non-hydrogen) atoms. The van der Waals surface area contributed by atoms with E-state index in [1.54, 1.807) is 6.92 Å². The van der Waals surface area contributed by atoms with Crippen LogP contribution >= 0.6 is 23.2 Å². The fraction of sp³-hybridized carbons (Fsp3) is 0.333. The Bertz CT molecular complexity index is 189. The molecule has 0 fully saturated rings. The first-order valence-corrected chi connectivity index (χ1v) is 3.61. The van der Waals surface area contributed by atoms with Gasteiger partial charge in [0.05, 0.1) is 5.71 Å². The highest BCUT2D eigenvalue weighted by Gasteiger charge is 2.03. The molecule has 0 N–H and O–H groups in total. The fourth-order valence-electron chi connectivity index (χ4n) is 0.194. The smallest absolute Gasteiger partial charge is 0.313 e. The highest BCUT2D eigenvalue weighted by Crippen LogP contribution is 2.04. The molecule has 0 atom stereocenters. The topological polar surface area (TPSA) is 38.7 Å². The van der Waals surface area contributed by atoms with Crippen LogP contribution in [0.5, 0.6) is 0 Å². The largest absolute Gasteiger partial charge is 0.357 e. The van der Waals surface area contributed by atoms with Gasteiger partial charge < -0.3 is 4.84 Å². The standard InChI is InChI=1S/C6H7Cl2NO2/c1-3-5(10)11-9-4(2)6(7)8/h3,6H,1H2,2H3. The van der Waals surface area contributed by atoms with Crippen LogP contribution in [-0.2, 0) is 9.63 Å². The Balaban J connectivity index is 3.92. The summed E-state index contributed by atoms with van der Waals surface area (Å²) in [6, 6.07) is 0. The van der Waals surface area contributed by atoms with E-state index >= 15 is 0 Å². The summed E-state index contributed by atoms with van der Waals surface area (Å²) in [5, 5.41) is 3.33. The minimum Gasteiger partial charge on any atom is -0.313 e. The average molecular weight is 196 g/mol. The molecule has 0 heterocycles. The summed E-state index contributed by atoms with van der Waals surface area (Å²) in [6.45, 7) is 4.72. The van der Waals surface area contributed by atoms with Crippen LogP contribution in [0.1, 0.15) is 6.92 Å². The van der Waals surface area contributed by atoms with Gasteiger partial charge in [0.1, 0.15) is 4.84 Å². The maximum atomic E-state index is 10.4. The van der Waals surface area contributed by atoms with Crippen molar-refractivity contribution in [1.82, 2.24) is 0 Å². The third kappa shape index (κ3) is 4.81. The molecule has 0 aromatic rings. The van der Waals surface area contributed by atoms with Gasteiger partial charge in [-0.15, -0.1) is 0 Å². The predicted molar refractivity (Wildman–Crippen MR) is 44.9 cm³/mol. The van der Waals surface area contributed by atoms with Gasteiger partial charge in [-0.25, -0.2) is 4.79 Å². The zero-order valence-corrected chi connectivity index (χ0v) is 7.39. The maximum Gasteiger partial charge on any atom is 0.357 e. The van der Waals surface area contributed by atoms with Crippen molar-refractivity contribution in [2.24, 2.45) is 5.16 Å². The summed E-state index contributed by atoms with van der Waals surface area (Å²) in [5.41, 5.74) is 0.323. The summed E-state index contributed by atoms with van der Waals surface area (Å²) in [7, 11) is 0. The number of oxime groups is 1. The first-order valence-electron chi connectivity index (χ1n) is 2.74. The summed E-state index contributed by atoms with van der Waals surface area (Å²) >= 11 is 10.7. The van der Waals surface area contributed by atoms with Gasteiger partial charge in [-0.05, 0) is 6.92 Å². The van der Waals surface area contributed by atoms with Gasteiger partial charge in [-0.2, -0.15) is 0 Å². The highest BCUT2D eigenvalue weighted by atomic mass is 35.5. The van der Waals surface area contributed by atoms with E-state index < -0.39 is 10.8 Å². The number of alkyl halides is 2. The van der Waals surface area contributed by atoms with Crippen molar-refractivity contribution in [3.8, 4) is 0 Å². The van der Waals surface area contributed by atoms with Crippen LogP contribution in [0.4, 0.5) is 0 Å². The Kier molecular flexibility index (Phi) is 4.90. The molecule has 0 aliphatic carbocycles. The van der Waals surface area contributed by atoms with E-state index in [9.17, 15) is 4.79 Å². The molecule has 3 nitrogen and oxygen atoms in total. The second-order valence-electron chi connectivity index (χ2n) is 1.65. The van der Waals surface area contributed by atoms with Crippen LogP contribution in [0.15, 0.2) is 17.8 Å². The average Bonchev–Trinajstić information content (AvgIpc) is 1.99. The third-order valence-corrected chi connectivity index (χ3v) is 1.39. The quantitative estimate of drug-likeness (QED) is 0.227. The third-order valence-electron chi connectivity index (χ3n) is 0.762. The molecule has 0 aliphatic heterocycles. The molecule has 0 aliphatic rings. The van der Waals surface area contributed by atoms with Crippen molar-refractivity contribution in [1.29, 1.82) is 0 Å². The molecule has 0 radical (unpaired) electrons. The lowest BCUT2D eigenvalue weighted by atomic mass is 10.5. The van der Waals surface area contributed by atoms with Crippen molar-refractivity contribution < 1.29 is 9.63 Å². The van der Waals surface area contributed by atoms with E-state index in [1.807, 2.05) is 0 Å². The number of carbonyl (C=O) groups is 1. The van der Waals surface area contributed by atoms with Crippen molar-refractivity contribution in [3.05, 3.63) is 12.7 Å². The lowest BCUT2D eigenvalue weighted by molar-refractivity contribution is -0.137. The van der Waals surface area contributed by atoms with E-state index in [1.165, 1.54) is 0 Å². The zero-order chi connectivity index (χ0) is 8.85. The van der Waals surface area contributed by atoms with Crippen molar-refractivity contribution >= 4 is 34.9 Å². The highest BCUT2D eigenvalue weighted by molar-refractivity contribution is 6.54. The Morgan fingerprint density at radius 3 is 2.64 bits per heavy atom. The number of carbonyl (C=O) groups excluding carboxylic acids is 1. The van der Waals surface area contributed by atoms with Gasteiger partial charge in [-0.1, -0.05) is 34.9 Å². The molecule has 0 rings (SSSR count). The van der Waals surface area contributed by atoms with Crippen molar-refractivity contribution in [2.75, 3.05) is 0 Å². The summed E-state index contributed by atoms with van der Waals surface area (Å²) < 4.78 is 0. The Morgan fingerprint density at radius 1 is 1.73 bits per heavy atom. The molecule has 0 saturated heterocycles. The second kappa shape index (κ2) is 5.16. The lowest BCUT2D eigenvalue weighted by Crippen LogP contribution is -2.05. The van der Waals surface area contributed by atoms with Crippen LogP contribution in [0, 0.1) is 0 Å². The molecule has 0 amide bonds. The number of nitrogens with zero attached hydrogens (tertiary/aromatic N) is 1. The maximum absolute atomic E-state index is 10.4. The summed E-state index contributed by atoms with van der Waals surface area (Å²) in [5.74, 6) is -0.640. The molecule has 0 spiro atoms. The molecule has 0 aromatic carbocycles. The van der Waals surface area contributed by atoms with Crippen LogP contribution in [0.25, 0.3) is 0 Å². The minimum atomic E-state index is -0.757. The molecule has 0 bridgehead atoms. The van der Waals surface area contributed by atoms with Crippen LogP contribution in [0.2, 0.25) is 0 Å². The van der Waals surface area contributed by atoms with E-state index in [4.69, 9.17) is 23.2 Å². The van der Waals surface area contributed by atoms with Gasteiger partial charge in [0.25, 0.3) is 0 Å². The van der Waals surface area contributed by atoms with Crippen LogP contribution in [-0.4, -0.2) is 16.5 Å².